The fourth-order valence-corrected chi connectivity index (χ4v) is 1.77. The summed E-state index contributed by atoms with van der Waals surface area (Å²) >= 11 is 0. The number of alkyl halides is 3. The van der Waals surface area contributed by atoms with Crippen molar-refractivity contribution in [3.8, 4) is 0 Å². The fraction of sp³-hybridized carbons (Fsp3) is 0.273. The summed E-state index contributed by atoms with van der Waals surface area (Å²) in [7, 11) is 0. The molecule has 7 nitrogen and oxygen atoms in total. The van der Waals surface area contributed by atoms with E-state index in [-0.39, 0.29) is 17.9 Å². The van der Waals surface area contributed by atoms with E-state index < -0.39 is 11.9 Å². The van der Waals surface area contributed by atoms with Gasteiger partial charge in [-0.2, -0.15) is 23.3 Å². The molecule has 0 aromatic carbocycles. The summed E-state index contributed by atoms with van der Waals surface area (Å²) in [6.45, 7) is 1.82. The molecular weight excluding hydrogens is 289 g/mol. The van der Waals surface area contributed by atoms with Crippen LogP contribution in [0.2, 0.25) is 0 Å². The van der Waals surface area contributed by atoms with Crippen LogP contribution >= 0.6 is 0 Å². The van der Waals surface area contributed by atoms with Gasteiger partial charge < -0.3 is 9.84 Å². The number of aryl methyl sites for hydroxylation is 1. The first-order valence-corrected chi connectivity index (χ1v) is 5.88. The Bertz CT molecular complexity index is 778. The lowest BCUT2D eigenvalue weighted by Gasteiger charge is -2.03. The first-order chi connectivity index (χ1) is 9.93. The maximum absolute atomic E-state index is 12.7. The molecule has 0 atom stereocenters. The lowest BCUT2D eigenvalue weighted by molar-refractivity contribution is -0.141. The number of halogens is 3. The van der Waals surface area contributed by atoms with E-state index in [1.54, 1.807) is 6.92 Å². The van der Waals surface area contributed by atoms with Crippen molar-refractivity contribution in [3.63, 3.8) is 0 Å². The highest BCUT2D eigenvalue weighted by atomic mass is 19.4. The molecular formula is C11H9F3N6O. The molecule has 3 rings (SSSR count). The molecule has 0 unspecified atom stereocenters. The van der Waals surface area contributed by atoms with Gasteiger partial charge in [-0.25, -0.2) is 9.50 Å². The van der Waals surface area contributed by atoms with E-state index in [1.807, 2.05) is 0 Å². The van der Waals surface area contributed by atoms with Crippen molar-refractivity contribution >= 4 is 11.3 Å². The molecule has 0 aliphatic carbocycles. The van der Waals surface area contributed by atoms with Crippen LogP contribution in [-0.2, 0) is 12.7 Å². The molecule has 0 radical (unpaired) electrons. The van der Waals surface area contributed by atoms with Crippen LogP contribution in [0.25, 0.3) is 5.52 Å². The van der Waals surface area contributed by atoms with Gasteiger partial charge in [0.15, 0.2) is 17.3 Å². The summed E-state index contributed by atoms with van der Waals surface area (Å²) in [4.78, 5) is 7.97. The van der Waals surface area contributed by atoms with Crippen LogP contribution in [0.1, 0.15) is 17.4 Å². The molecule has 0 aliphatic rings. The smallest absolute Gasteiger partial charge is 0.359 e. The minimum Gasteiger partial charge on any atom is -0.359 e. The van der Waals surface area contributed by atoms with Crippen molar-refractivity contribution in [3.05, 3.63) is 35.9 Å². The van der Waals surface area contributed by atoms with Crippen molar-refractivity contribution in [2.24, 2.45) is 0 Å². The zero-order valence-electron chi connectivity index (χ0n) is 10.7. The molecule has 0 saturated heterocycles. The second-order valence-electron chi connectivity index (χ2n) is 4.22. The van der Waals surface area contributed by atoms with Crippen LogP contribution in [0.5, 0.6) is 0 Å². The molecule has 3 heterocycles. The number of hydrogen-bond donors (Lipinski definition) is 1. The average Bonchev–Trinajstić information content (AvgIpc) is 3.01. The monoisotopic (exact) mass is 298 g/mol. The van der Waals surface area contributed by atoms with Gasteiger partial charge in [0, 0.05) is 18.5 Å². The van der Waals surface area contributed by atoms with Gasteiger partial charge in [0.2, 0.25) is 5.89 Å². The van der Waals surface area contributed by atoms with Crippen LogP contribution in [0, 0.1) is 6.92 Å². The summed E-state index contributed by atoms with van der Waals surface area (Å²) in [6, 6.07) is 0.925. The molecule has 110 valence electrons. The van der Waals surface area contributed by atoms with E-state index in [9.17, 15) is 13.2 Å². The Kier molecular flexibility index (Phi) is 3.00. The van der Waals surface area contributed by atoms with Crippen LogP contribution in [0.4, 0.5) is 19.0 Å². The van der Waals surface area contributed by atoms with Crippen molar-refractivity contribution in [2.75, 3.05) is 5.32 Å². The van der Waals surface area contributed by atoms with Gasteiger partial charge in [0.05, 0.1) is 6.54 Å². The summed E-state index contributed by atoms with van der Waals surface area (Å²) in [5.41, 5.74) is -0.770. The number of hydrogen-bond acceptors (Lipinski definition) is 6. The number of nitrogens with one attached hydrogen (secondary N) is 1. The molecule has 21 heavy (non-hydrogen) atoms. The van der Waals surface area contributed by atoms with Gasteiger partial charge >= 0.3 is 6.18 Å². The Labute approximate surface area is 115 Å². The van der Waals surface area contributed by atoms with Crippen molar-refractivity contribution < 1.29 is 17.7 Å². The largest absolute Gasteiger partial charge is 0.435 e. The molecule has 0 saturated carbocycles. The van der Waals surface area contributed by atoms with Crippen molar-refractivity contribution in [1.82, 2.24) is 24.7 Å². The topological polar surface area (TPSA) is 81.1 Å². The molecule has 3 aromatic rings. The molecule has 0 spiro atoms. The van der Waals surface area contributed by atoms with Gasteiger partial charge in [-0.15, -0.1) is 0 Å². The van der Waals surface area contributed by atoms with Crippen molar-refractivity contribution in [1.29, 1.82) is 0 Å². The molecule has 0 fully saturated rings. The second-order valence-corrected chi connectivity index (χ2v) is 4.22. The Hall–Kier alpha value is -2.65. The molecule has 0 bridgehead atoms. The maximum atomic E-state index is 12.7. The zero-order valence-corrected chi connectivity index (χ0v) is 10.7. The zero-order chi connectivity index (χ0) is 15.0. The van der Waals surface area contributed by atoms with Crippen LogP contribution in [-0.4, -0.2) is 24.7 Å². The Morgan fingerprint density at radius 2 is 2.19 bits per heavy atom. The van der Waals surface area contributed by atoms with E-state index in [1.165, 1.54) is 12.4 Å². The third-order valence-electron chi connectivity index (χ3n) is 2.66. The Morgan fingerprint density at radius 3 is 2.86 bits per heavy atom. The van der Waals surface area contributed by atoms with Gasteiger partial charge in [-0.05, 0) is 6.92 Å². The third-order valence-corrected chi connectivity index (χ3v) is 2.66. The number of fused-ring (bicyclic) bond motifs is 1. The molecule has 1 N–H and O–H groups in total. The minimum absolute atomic E-state index is 0.153. The van der Waals surface area contributed by atoms with E-state index in [0.717, 1.165) is 10.6 Å². The Morgan fingerprint density at radius 1 is 1.38 bits per heavy atom. The minimum atomic E-state index is -4.51. The lowest BCUT2D eigenvalue weighted by Crippen LogP contribution is -2.05. The summed E-state index contributed by atoms with van der Waals surface area (Å²) in [6.07, 6.45) is -1.82. The number of rotatable bonds is 3. The number of aromatic nitrogens is 5. The fourth-order valence-electron chi connectivity index (χ4n) is 1.77. The second kappa shape index (κ2) is 4.72. The molecule has 0 amide bonds. The van der Waals surface area contributed by atoms with E-state index >= 15 is 0 Å². The van der Waals surface area contributed by atoms with E-state index in [2.05, 4.69) is 25.5 Å². The number of anilines is 1. The third kappa shape index (κ3) is 2.64. The average molecular weight is 298 g/mol. The van der Waals surface area contributed by atoms with Crippen LogP contribution in [0.15, 0.2) is 23.0 Å². The predicted octanol–water partition coefficient (Wildman–Crippen LogP) is 2.05. The highest BCUT2D eigenvalue weighted by Crippen LogP contribution is 2.30. The highest BCUT2D eigenvalue weighted by Gasteiger charge is 2.34. The Balaban J connectivity index is 1.89. The van der Waals surface area contributed by atoms with E-state index in [4.69, 9.17) is 4.52 Å². The van der Waals surface area contributed by atoms with Gasteiger partial charge in [0.25, 0.3) is 0 Å². The lowest BCUT2D eigenvalue weighted by atomic mass is 10.3. The van der Waals surface area contributed by atoms with Gasteiger partial charge in [-0.3, -0.25) is 0 Å². The van der Waals surface area contributed by atoms with Crippen molar-refractivity contribution in [2.45, 2.75) is 19.6 Å². The predicted molar refractivity (Wildman–Crippen MR) is 64.4 cm³/mol. The van der Waals surface area contributed by atoms with Gasteiger partial charge in [-0.1, -0.05) is 5.16 Å². The summed E-state index contributed by atoms with van der Waals surface area (Å²) in [5, 5.41) is 9.93. The number of nitrogens with zero attached hydrogens (tertiary/aromatic N) is 5. The van der Waals surface area contributed by atoms with Crippen LogP contribution < -0.4 is 5.32 Å². The van der Waals surface area contributed by atoms with E-state index in [0.29, 0.717) is 11.7 Å². The first kappa shape index (κ1) is 13.3. The quantitative estimate of drug-likeness (QED) is 0.797. The normalized spacial score (nSPS) is 12.0. The van der Waals surface area contributed by atoms with Gasteiger partial charge in [0.1, 0.15) is 5.52 Å². The summed E-state index contributed by atoms with van der Waals surface area (Å²) in [5.74, 6) is 1.03. The standard InChI is InChI=1S/C11H9F3N6O/c1-6-17-9(21-19-6)5-16-10-7-4-8(11(12,13)14)18-20(7)3-2-15-10/h2-4H,5H2,1H3,(H,15,16). The molecule has 0 aliphatic heterocycles. The maximum Gasteiger partial charge on any atom is 0.435 e. The highest BCUT2D eigenvalue weighted by molar-refractivity contribution is 5.67. The first-order valence-electron chi connectivity index (χ1n) is 5.88. The molecule has 10 heteroatoms. The summed E-state index contributed by atoms with van der Waals surface area (Å²) < 4.78 is 44.0. The SMILES string of the molecule is Cc1noc(CNc2nccn3nc(C(F)(F)F)cc23)n1. The molecule has 3 aromatic heterocycles. The van der Waals surface area contributed by atoms with Crippen LogP contribution in [0.3, 0.4) is 0 Å².